The summed E-state index contributed by atoms with van der Waals surface area (Å²) in [4.78, 5) is 24.6. The summed E-state index contributed by atoms with van der Waals surface area (Å²) in [5.74, 6) is -1.05. The lowest BCUT2D eigenvalue weighted by Crippen LogP contribution is -2.39. The van der Waals surface area contributed by atoms with Crippen molar-refractivity contribution in [3.8, 4) is 0 Å². The number of nitrogens with one attached hydrogen (secondary N) is 1. The molecular formula is C15H20N2O4. The standard InChI is InChI=1S/C15H20N2O4/c1-17(13-7-3-2-6-12(13)14(18)19)15(20)16-9-8-11-5-4-10-21-11/h2-3,6-7,11H,4-5,8-10H2,1H3,(H,16,20)(H,18,19). The zero-order valence-corrected chi connectivity index (χ0v) is 12.0. The Labute approximate surface area is 123 Å². The second kappa shape index (κ2) is 7.08. The maximum absolute atomic E-state index is 12.1. The molecule has 114 valence electrons. The van der Waals surface area contributed by atoms with Crippen LogP contribution in [-0.2, 0) is 4.74 Å². The summed E-state index contributed by atoms with van der Waals surface area (Å²) in [6.07, 6.45) is 3.11. The molecule has 21 heavy (non-hydrogen) atoms. The van der Waals surface area contributed by atoms with Gasteiger partial charge in [0.1, 0.15) is 0 Å². The van der Waals surface area contributed by atoms with Crippen molar-refractivity contribution in [1.29, 1.82) is 0 Å². The molecule has 6 heteroatoms. The van der Waals surface area contributed by atoms with Crippen LogP contribution >= 0.6 is 0 Å². The topological polar surface area (TPSA) is 78.9 Å². The third-order valence-electron chi connectivity index (χ3n) is 3.57. The smallest absolute Gasteiger partial charge is 0.337 e. The number of rotatable bonds is 5. The quantitative estimate of drug-likeness (QED) is 0.871. The second-order valence-corrected chi connectivity index (χ2v) is 5.04. The van der Waals surface area contributed by atoms with Crippen LogP contribution in [0.25, 0.3) is 0 Å². The third-order valence-corrected chi connectivity index (χ3v) is 3.57. The average molecular weight is 292 g/mol. The lowest BCUT2D eigenvalue weighted by atomic mass is 10.1. The summed E-state index contributed by atoms with van der Waals surface area (Å²) < 4.78 is 5.49. The summed E-state index contributed by atoms with van der Waals surface area (Å²) in [5.41, 5.74) is 0.480. The Kier molecular flexibility index (Phi) is 5.16. The minimum absolute atomic E-state index is 0.106. The van der Waals surface area contributed by atoms with E-state index in [9.17, 15) is 9.59 Å². The van der Waals surface area contributed by atoms with Gasteiger partial charge in [0.2, 0.25) is 0 Å². The first kappa shape index (κ1) is 15.3. The summed E-state index contributed by atoms with van der Waals surface area (Å²) in [5, 5.41) is 11.9. The Morgan fingerprint density at radius 1 is 1.43 bits per heavy atom. The maximum Gasteiger partial charge on any atom is 0.337 e. The van der Waals surface area contributed by atoms with Crippen LogP contribution < -0.4 is 10.2 Å². The number of amides is 2. The van der Waals surface area contributed by atoms with Gasteiger partial charge in [0.05, 0.1) is 17.4 Å². The lowest BCUT2D eigenvalue weighted by molar-refractivity contribution is 0.0697. The van der Waals surface area contributed by atoms with E-state index >= 15 is 0 Å². The van der Waals surface area contributed by atoms with Gasteiger partial charge in [-0.25, -0.2) is 9.59 Å². The Morgan fingerprint density at radius 3 is 2.86 bits per heavy atom. The van der Waals surface area contributed by atoms with Gasteiger partial charge in [-0.2, -0.15) is 0 Å². The van der Waals surface area contributed by atoms with E-state index < -0.39 is 5.97 Å². The number of hydrogen-bond donors (Lipinski definition) is 2. The highest BCUT2D eigenvalue weighted by Crippen LogP contribution is 2.19. The van der Waals surface area contributed by atoms with Gasteiger partial charge in [0.15, 0.2) is 0 Å². The van der Waals surface area contributed by atoms with E-state index in [1.165, 1.54) is 11.0 Å². The Bertz CT molecular complexity index is 512. The zero-order valence-electron chi connectivity index (χ0n) is 12.0. The van der Waals surface area contributed by atoms with Crippen molar-refractivity contribution in [3.05, 3.63) is 29.8 Å². The van der Waals surface area contributed by atoms with Crippen LogP contribution in [0.2, 0.25) is 0 Å². The number of anilines is 1. The number of carboxylic acid groups (broad SMARTS) is 1. The van der Waals surface area contributed by atoms with Gasteiger partial charge >= 0.3 is 12.0 Å². The number of nitrogens with zero attached hydrogens (tertiary/aromatic N) is 1. The number of carboxylic acids is 1. The van der Waals surface area contributed by atoms with Crippen molar-refractivity contribution in [2.45, 2.75) is 25.4 Å². The molecule has 2 N–H and O–H groups in total. The number of urea groups is 1. The van der Waals surface area contributed by atoms with Crippen LogP contribution in [0.1, 0.15) is 29.6 Å². The predicted molar refractivity (Wildman–Crippen MR) is 78.8 cm³/mol. The molecule has 1 aromatic rings. The van der Waals surface area contributed by atoms with Gasteiger partial charge in [-0.05, 0) is 31.4 Å². The van der Waals surface area contributed by atoms with E-state index in [-0.39, 0.29) is 17.7 Å². The molecule has 6 nitrogen and oxygen atoms in total. The Balaban J connectivity index is 1.91. The average Bonchev–Trinajstić information content (AvgIpc) is 2.99. The molecule has 1 atom stereocenters. The third kappa shape index (κ3) is 3.95. The van der Waals surface area contributed by atoms with Crippen molar-refractivity contribution in [1.82, 2.24) is 5.32 Å². The molecule has 1 saturated heterocycles. The number of carbonyl (C=O) groups is 2. The molecule has 1 aliphatic heterocycles. The first-order chi connectivity index (χ1) is 10.1. The number of aromatic carboxylic acids is 1. The van der Waals surface area contributed by atoms with E-state index in [4.69, 9.17) is 9.84 Å². The van der Waals surface area contributed by atoms with E-state index in [1.54, 1.807) is 25.2 Å². The minimum atomic E-state index is -1.05. The molecule has 1 heterocycles. The van der Waals surface area contributed by atoms with Crippen molar-refractivity contribution in [2.75, 3.05) is 25.1 Å². The molecule has 0 aromatic heterocycles. The highest BCUT2D eigenvalue weighted by Gasteiger charge is 2.19. The molecule has 0 bridgehead atoms. The maximum atomic E-state index is 12.1. The number of ether oxygens (including phenoxy) is 1. The highest BCUT2D eigenvalue weighted by atomic mass is 16.5. The first-order valence-corrected chi connectivity index (χ1v) is 7.05. The molecule has 0 radical (unpaired) electrons. The van der Waals surface area contributed by atoms with E-state index in [2.05, 4.69) is 5.32 Å². The molecule has 0 saturated carbocycles. The molecular weight excluding hydrogens is 272 g/mol. The van der Waals surface area contributed by atoms with Gasteiger partial charge in [-0.1, -0.05) is 12.1 Å². The van der Waals surface area contributed by atoms with E-state index in [0.29, 0.717) is 12.2 Å². The normalized spacial score (nSPS) is 17.5. The molecule has 0 spiro atoms. The SMILES string of the molecule is CN(C(=O)NCCC1CCCO1)c1ccccc1C(=O)O. The minimum Gasteiger partial charge on any atom is -0.478 e. The molecule has 1 aliphatic rings. The first-order valence-electron chi connectivity index (χ1n) is 7.05. The predicted octanol–water partition coefficient (Wildman–Crippen LogP) is 2.10. The van der Waals surface area contributed by atoms with Gasteiger partial charge in [-0.3, -0.25) is 4.90 Å². The van der Waals surface area contributed by atoms with Gasteiger partial charge in [-0.15, -0.1) is 0 Å². The zero-order chi connectivity index (χ0) is 15.2. The summed E-state index contributed by atoms with van der Waals surface area (Å²) in [7, 11) is 1.56. The van der Waals surface area contributed by atoms with Crippen LogP contribution in [0.5, 0.6) is 0 Å². The highest BCUT2D eigenvalue weighted by molar-refractivity contribution is 6.01. The molecule has 2 rings (SSSR count). The molecule has 1 fully saturated rings. The molecule has 1 aromatic carbocycles. The van der Waals surface area contributed by atoms with E-state index in [1.807, 2.05) is 0 Å². The van der Waals surface area contributed by atoms with Crippen LogP contribution in [0.4, 0.5) is 10.5 Å². The van der Waals surface area contributed by atoms with Crippen molar-refractivity contribution in [3.63, 3.8) is 0 Å². The Hall–Kier alpha value is -2.08. The van der Waals surface area contributed by atoms with Gasteiger partial charge in [0.25, 0.3) is 0 Å². The Morgan fingerprint density at radius 2 is 2.19 bits per heavy atom. The second-order valence-electron chi connectivity index (χ2n) is 5.04. The van der Waals surface area contributed by atoms with Crippen molar-refractivity contribution < 1.29 is 19.4 Å². The fourth-order valence-corrected chi connectivity index (χ4v) is 2.39. The van der Waals surface area contributed by atoms with Crippen molar-refractivity contribution in [2.24, 2.45) is 0 Å². The van der Waals surface area contributed by atoms with E-state index in [0.717, 1.165) is 25.9 Å². The monoisotopic (exact) mass is 292 g/mol. The van der Waals surface area contributed by atoms with Gasteiger partial charge < -0.3 is 15.2 Å². The van der Waals surface area contributed by atoms with Crippen LogP contribution in [0.3, 0.4) is 0 Å². The number of para-hydroxylation sites is 1. The number of hydrogen-bond acceptors (Lipinski definition) is 3. The fourth-order valence-electron chi connectivity index (χ4n) is 2.39. The number of carbonyl (C=O) groups excluding carboxylic acids is 1. The summed E-state index contributed by atoms with van der Waals surface area (Å²) in [6.45, 7) is 1.31. The molecule has 1 unspecified atom stereocenters. The summed E-state index contributed by atoms with van der Waals surface area (Å²) >= 11 is 0. The van der Waals surface area contributed by atoms with Crippen LogP contribution in [-0.4, -0.2) is 43.4 Å². The lowest BCUT2D eigenvalue weighted by Gasteiger charge is -2.20. The largest absolute Gasteiger partial charge is 0.478 e. The van der Waals surface area contributed by atoms with Crippen LogP contribution in [0.15, 0.2) is 24.3 Å². The number of benzene rings is 1. The molecule has 0 aliphatic carbocycles. The van der Waals surface area contributed by atoms with Crippen LogP contribution in [0, 0.1) is 0 Å². The fraction of sp³-hybridized carbons (Fsp3) is 0.467. The molecule has 2 amide bonds. The van der Waals surface area contributed by atoms with Crippen molar-refractivity contribution >= 4 is 17.7 Å². The van der Waals surface area contributed by atoms with Gasteiger partial charge in [0, 0.05) is 20.2 Å². The summed E-state index contributed by atoms with van der Waals surface area (Å²) in [6, 6.07) is 6.12.